The number of aryl methyl sites for hydroxylation is 2. The Bertz CT molecular complexity index is 2090. The smallest absolute Gasteiger partial charge is 0.493 e. The van der Waals surface area contributed by atoms with Gasteiger partial charge in [0, 0.05) is 0 Å². The predicted molar refractivity (Wildman–Crippen MR) is 211 cm³/mol. The molecular weight excluding hydrogens is 815 g/mol. The largest absolute Gasteiger partial charge is 0.573 e. The third-order valence-electron chi connectivity index (χ3n) is 8.94. The van der Waals surface area contributed by atoms with Crippen LogP contribution in [0, 0.1) is 0 Å². The minimum absolute atomic E-state index is 0.0145. The molecule has 0 saturated carbocycles. The molecule has 0 saturated heterocycles. The third kappa shape index (κ3) is 15.7. The molecular formula is C44H44F6NO8P. The van der Waals surface area contributed by atoms with Crippen LogP contribution in [0.25, 0.3) is 0 Å². The number of benzene rings is 5. The Hall–Kier alpha value is -5.34. The zero-order chi connectivity index (χ0) is 43.1. The minimum atomic E-state index is -4.86. The van der Waals surface area contributed by atoms with Gasteiger partial charge in [-0.3, -0.25) is 13.6 Å². The lowest BCUT2D eigenvalue weighted by molar-refractivity contribution is -0.274. The van der Waals surface area contributed by atoms with Gasteiger partial charge in [-0.2, -0.15) is 13.2 Å². The second-order valence-corrected chi connectivity index (χ2v) is 15.6. The summed E-state index contributed by atoms with van der Waals surface area (Å²) in [7, 11) is -4.34. The van der Waals surface area contributed by atoms with E-state index in [9.17, 15) is 35.7 Å². The van der Waals surface area contributed by atoms with Crippen LogP contribution >= 0.6 is 7.82 Å². The Balaban J connectivity index is 1.29. The molecule has 16 heteroatoms. The molecule has 0 aromatic heterocycles. The fraction of sp³-hybridized carbons (Fsp3) is 0.295. The van der Waals surface area contributed by atoms with Crippen LogP contribution in [0.3, 0.4) is 0 Å². The molecule has 0 aliphatic carbocycles. The number of carbonyl (C=O) groups is 1. The van der Waals surface area contributed by atoms with Crippen LogP contribution in [-0.2, 0) is 61.7 Å². The fourth-order valence-corrected chi connectivity index (χ4v) is 7.10. The maximum Gasteiger partial charge on any atom is 0.573 e. The van der Waals surface area contributed by atoms with Gasteiger partial charge in [0.1, 0.15) is 18.1 Å². The van der Waals surface area contributed by atoms with Crippen molar-refractivity contribution >= 4 is 13.9 Å². The van der Waals surface area contributed by atoms with Crippen LogP contribution in [0.1, 0.15) is 53.1 Å². The first-order chi connectivity index (χ1) is 28.6. The Labute approximate surface area is 344 Å². The second kappa shape index (κ2) is 21.3. The number of hydrogen-bond acceptors (Lipinski definition) is 8. The minimum Gasteiger partial charge on any atom is -0.493 e. The Morgan fingerprint density at radius 2 is 1.18 bits per heavy atom. The van der Waals surface area contributed by atoms with E-state index < -0.39 is 55.7 Å². The summed E-state index contributed by atoms with van der Waals surface area (Å²) in [5.41, 5.74) is 0.391. The Morgan fingerprint density at radius 3 is 1.75 bits per heavy atom. The first kappa shape index (κ1) is 45.7. The number of nitrogens with one attached hydrogen (secondary N) is 1. The van der Waals surface area contributed by atoms with Gasteiger partial charge in [0.2, 0.25) is 0 Å². The maximum absolute atomic E-state index is 14.4. The number of alkyl carbamates (subject to hydrolysis) is 1. The summed E-state index contributed by atoms with van der Waals surface area (Å²) in [6.07, 6.45) is -10.1. The first-order valence-electron chi connectivity index (χ1n) is 18.8. The van der Waals surface area contributed by atoms with Crippen LogP contribution < -0.4 is 14.8 Å². The lowest BCUT2D eigenvalue weighted by Gasteiger charge is -2.32. The van der Waals surface area contributed by atoms with Gasteiger partial charge in [0.15, 0.2) is 0 Å². The van der Waals surface area contributed by atoms with Crippen molar-refractivity contribution in [2.75, 3.05) is 13.2 Å². The number of ether oxygens (including phenoxy) is 3. The van der Waals surface area contributed by atoms with Gasteiger partial charge in [-0.15, -0.1) is 13.2 Å². The van der Waals surface area contributed by atoms with E-state index in [2.05, 4.69) is 10.1 Å². The summed E-state index contributed by atoms with van der Waals surface area (Å²) in [5, 5.41) is 2.74. The van der Waals surface area contributed by atoms with Crippen molar-refractivity contribution in [3.8, 4) is 11.5 Å². The normalized spacial score (nSPS) is 13.0. The molecule has 1 atom stereocenters. The van der Waals surface area contributed by atoms with E-state index in [0.29, 0.717) is 22.3 Å². The molecule has 0 radical (unpaired) electrons. The third-order valence-corrected chi connectivity index (χ3v) is 10.3. The van der Waals surface area contributed by atoms with E-state index in [1.54, 1.807) is 85.8 Å². The second-order valence-electron chi connectivity index (χ2n) is 14.0. The highest BCUT2D eigenvalue weighted by Gasteiger charge is 2.37. The van der Waals surface area contributed by atoms with Crippen molar-refractivity contribution in [1.29, 1.82) is 0 Å². The molecule has 0 aliphatic rings. The van der Waals surface area contributed by atoms with E-state index in [1.807, 2.05) is 18.2 Å². The van der Waals surface area contributed by atoms with Crippen LogP contribution in [-0.4, -0.2) is 31.2 Å². The quantitative estimate of drug-likeness (QED) is 0.0442. The van der Waals surface area contributed by atoms with Crippen LogP contribution in [0.5, 0.6) is 11.5 Å². The standard InChI is InChI=1S/C44H44F6NO8P/c1-42(51-41(52)55-29-35-13-5-2-6-14-35,32-58-60(53,56-30-36-15-7-3-8-16-36)57-31-37-17-9-4-10-18-37)25-24-34-22-23-40(39(28-34)43(45,46)47)54-26-12-20-33-19-11-21-38(27-33)59-44(48,49)50/h2-11,13-19,21-23,27-28H,12,20,24-26,29-32H2,1H3,(H,51,52). The lowest BCUT2D eigenvalue weighted by Crippen LogP contribution is -2.50. The van der Waals surface area contributed by atoms with Gasteiger partial charge in [0.05, 0.1) is 37.5 Å². The molecule has 5 rings (SSSR count). The Kier molecular flexibility index (Phi) is 16.2. The average Bonchev–Trinajstić information content (AvgIpc) is 3.22. The monoisotopic (exact) mass is 859 g/mol. The number of halogens is 6. The molecule has 0 spiro atoms. The molecule has 0 fully saturated rings. The lowest BCUT2D eigenvalue weighted by atomic mass is 9.93. The number of alkyl halides is 6. The number of rotatable bonds is 21. The van der Waals surface area contributed by atoms with Crippen molar-refractivity contribution in [1.82, 2.24) is 5.32 Å². The van der Waals surface area contributed by atoms with Crippen LogP contribution in [0.2, 0.25) is 0 Å². The van der Waals surface area contributed by atoms with E-state index in [1.165, 1.54) is 24.3 Å². The van der Waals surface area contributed by atoms with Gasteiger partial charge >= 0.3 is 26.5 Å². The highest BCUT2D eigenvalue weighted by molar-refractivity contribution is 7.48. The van der Waals surface area contributed by atoms with Crippen LogP contribution in [0.4, 0.5) is 31.1 Å². The number of amides is 1. The molecule has 1 amide bonds. The van der Waals surface area contributed by atoms with Crippen molar-refractivity contribution in [2.24, 2.45) is 0 Å². The van der Waals surface area contributed by atoms with E-state index >= 15 is 0 Å². The Morgan fingerprint density at radius 1 is 0.633 bits per heavy atom. The maximum atomic E-state index is 14.4. The predicted octanol–water partition coefficient (Wildman–Crippen LogP) is 11.8. The van der Waals surface area contributed by atoms with Gasteiger partial charge in [-0.25, -0.2) is 9.36 Å². The number of phosphoric acid groups is 1. The van der Waals surface area contributed by atoms with Gasteiger partial charge in [-0.1, -0.05) is 109 Å². The summed E-state index contributed by atoms with van der Waals surface area (Å²) >= 11 is 0. The van der Waals surface area contributed by atoms with Gasteiger partial charge in [-0.05, 0) is 84.7 Å². The topological polar surface area (TPSA) is 102 Å². The number of carbonyl (C=O) groups excluding carboxylic acids is 1. The molecule has 0 bridgehead atoms. The molecule has 0 aliphatic heterocycles. The molecule has 1 N–H and O–H groups in total. The van der Waals surface area contributed by atoms with Crippen LogP contribution in [0.15, 0.2) is 133 Å². The molecule has 1 unspecified atom stereocenters. The zero-order valence-electron chi connectivity index (χ0n) is 32.5. The van der Waals surface area contributed by atoms with E-state index in [0.717, 1.165) is 12.1 Å². The van der Waals surface area contributed by atoms with Crippen molar-refractivity contribution in [2.45, 2.75) is 70.5 Å². The fourth-order valence-electron chi connectivity index (χ4n) is 5.82. The molecule has 320 valence electrons. The molecule has 0 heterocycles. The summed E-state index contributed by atoms with van der Waals surface area (Å²) < 4.78 is 127. The molecule has 9 nitrogen and oxygen atoms in total. The van der Waals surface area contributed by atoms with Gasteiger partial charge in [0.25, 0.3) is 0 Å². The SMILES string of the molecule is CC(CCc1ccc(OCCCc2cccc(OC(F)(F)F)c2)c(C(F)(F)F)c1)(COP(=O)(OCc1ccccc1)OCc1ccccc1)NC(=O)OCc1ccccc1. The summed E-state index contributed by atoms with van der Waals surface area (Å²) in [5.74, 6) is -0.833. The number of hydrogen-bond donors (Lipinski definition) is 1. The first-order valence-corrected chi connectivity index (χ1v) is 20.3. The molecule has 5 aromatic rings. The summed E-state index contributed by atoms with van der Waals surface area (Å²) in [6.45, 7) is 0.632. The van der Waals surface area contributed by atoms with Crippen molar-refractivity contribution < 1.29 is 63.5 Å². The summed E-state index contributed by atoms with van der Waals surface area (Å²) in [4.78, 5) is 13.2. The molecule has 5 aromatic carbocycles. The highest BCUT2D eigenvalue weighted by Crippen LogP contribution is 2.51. The number of phosphoric ester groups is 1. The van der Waals surface area contributed by atoms with Gasteiger partial charge < -0.3 is 19.5 Å². The summed E-state index contributed by atoms with van der Waals surface area (Å²) in [6, 6.07) is 35.6. The van der Waals surface area contributed by atoms with Crippen molar-refractivity contribution in [3.63, 3.8) is 0 Å². The average molecular weight is 860 g/mol. The van der Waals surface area contributed by atoms with E-state index in [4.69, 9.17) is 23.0 Å². The highest BCUT2D eigenvalue weighted by atomic mass is 31.2. The van der Waals surface area contributed by atoms with Crippen molar-refractivity contribution in [3.05, 3.63) is 167 Å². The molecule has 60 heavy (non-hydrogen) atoms. The van der Waals surface area contributed by atoms with E-state index in [-0.39, 0.29) is 57.7 Å². The zero-order valence-corrected chi connectivity index (χ0v) is 33.4.